The first-order valence-electron chi connectivity index (χ1n) is 11.9. The van der Waals surface area contributed by atoms with E-state index in [4.69, 9.17) is 4.74 Å². The van der Waals surface area contributed by atoms with E-state index >= 15 is 0 Å². The summed E-state index contributed by atoms with van der Waals surface area (Å²) in [4.78, 5) is 27.3. The standard InChI is InChI=1S/C25H38N2O3S.C2H6.CH4/c1-7-17-27(21(5)28)22-14-11-12-16-24(22)31-18-20(4)26-25(29)23(30-6)15-10-8-9-13-19(2)3;1-2;/h7,9,11-14,16,19-20,23H,1,8,10,15,17-18H2,2-6H3,(H,26,29);1-2H3;1H4/b13-9+;;. The van der Waals surface area contributed by atoms with Crippen LogP contribution in [0.25, 0.3) is 0 Å². The molecule has 0 heterocycles. The Kier molecular flexibility index (Phi) is 20.4. The second-order valence-electron chi connectivity index (χ2n) is 7.93. The second kappa shape index (κ2) is 20.3. The van der Waals surface area contributed by atoms with Crippen LogP contribution in [0.4, 0.5) is 5.69 Å². The van der Waals surface area contributed by atoms with E-state index in [1.165, 1.54) is 0 Å². The number of para-hydroxylation sites is 1. The summed E-state index contributed by atoms with van der Waals surface area (Å²) in [5, 5.41) is 3.06. The summed E-state index contributed by atoms with van der Waals surface area (Å²) in [6.45, 7) is 16.0. The summed E-state index contributed by atoms with van der Waals surface area (Å²) in [6, 6.07) is 7.77. The molecule has 0 fully saturated rings. The van der Waals surface area contributed by atoms with Gasteiger partial charge in [0.1, 0.15) is 6.10 Å². The van der Waals surface area contributed by atoms with Gasteiger partial charge >= 0.3 is 0 Å². The van der Waals surface area contributed by atoms with Crippen LogP contribution in [0, 0.1) is 5.92 Å². The fourth-order valence-corrected chi connectivity index (χ4v) is 4.08. The predicted molar refractivity (Wildman–Crippen MR) is 150 cm³/mol. The normalized spacial score (nSPS) is 12.2. The lowest BCUT2D eigenvalue weighted by Gasteiger charge is -2.23. The molecule has 0 aliphatic heterocycles. The summed E-state index contributed by atoms with van der Waals surface area (Å²) in [5.74, 6) is 1.13. The number of hydrogen-bond acceptors (Lipinski definition) is 4. The van der Waals surface area contributed by atoms with E-state index in [-0.39, 0.29) is 25.3 Å². The highest BCUT2D eigenvalue weighted by molar-refractivity contribution is 7.99. The highest BCUT2D eigenvalue weighted by atomic mass is 32.2. The van der Waals surface area contributed by atoms with Crippen molar-refractivity contribution in [2.24, 2.45) is 5.92 Å². The summed E-state index contributed by atoms with van der Waals surface area (Å²) in [7, 11) is 1.58. The van der Waals surface area contributed by atoms with Gasteiger partial charge in [0.15, 0.2) is 0 Å². The van der Waals surface area contributed by atoms with Crippen LogP contribution < -0.4 is 10.2 Å². The van der Waals surface area contributed by atoms with E-state index in [9.17, 15) is 9.59 Å². The van der Waals surface area contributed by atoms with Crippen molar-refractivity contribution in [2.75, 3.05) is 24.3 Å². The molecule has 0 aromatic heterocycles. The Labute approximate surface area is 213 Å². The lowest BCUT2D eigenvalue weighted by molar-refractivity contribution is -0.132. The van der Waals surface area contributed by atoms with Crippen molar-refractivity contribution in [1.82, 2.24) is 5.32 Å². The molecule has 6 heteroatoms. The first-order chi connectivity index (χ1) is 15.8. The maximum Gasteiger partial charge on any atom is 0.249 e. The number of anilines is 1. The van der Waals surface area contributed by atoms with Crippen molar-refractivity contribution >= 4 is 29.3 Å². The molecule has 194 valence electrons. The summed E-state index contributed by atoms with van der Waals surface area (Å²) < 4.78 is 5.41. The predicted octanol–water partition coefficient (Wildman–Crippen LogP) is 6.88. The number of nitrogens with zero attached hydrogens (tertiary/aromatic N) is 1. The van der Waals surface area contributed by atoms with Gasteiger partial charge in [-0.05, 0) is 44.2 Å². The number of methoxy groups -OCH3 is 1. The minimum Gasteiger partial charge on any atom is -0.372 e. The molecule has 0 saturated carbocycles. The number of hydrogen-bond donors (Lipinski definition) is 1. The molecule has 34 heavy (non-hydrogen) atoms. The first-order valence-corrected chi connectivity index (χ1v) is 12.9. The summed E-state index contributed by atoms with van der Waals surface area (Å²) in [5.41, 5.74) is 0.864. The van der Waals surface area contributed by atoms with Crippen LogP contribution in [0.5, 0.6) is 0 Å². The van der Waals surface area contributed by atoms with E-state index in [2.05, 4.69) is 37.9 Å². The minimum absolute atomic E-state index is 0. The number of rotatable bonds is 14. The molecule has 1 aromatic carbocycles. The lowest BCUT2D eigenvalue weighted by atomic mass is 10.1. The van der Waals surface area contributed by atoms with Crippen molar-refractivity contribution in [2.45, 2.75) is 85.3 Å². The van der Waals surface area contributed by atoms with Gasteiger partial charge in [-0.25, -0.2) is 0 Å². The smallest absolute Gasteiger partial charge is 0.249 e. The van der Waals surface area contributed by atoms with Gasteiger partial charge in [-0.1, -0.05) is 65.5 Å². The highest BCUT2D eigenvalue weighted by Crippen LogP contribution is 2.30. The summed E-state index contributed by atoms with van der Waals surface area (Å²) >= 11 is 1.62. The Morgan fingerprint density at radius 3 is 2.41 bits per heavy atom. The van der Waals surface area contributed by atoms with Gasteiger partial charge in [-0.2, -0.15) is 0 Å². The Hall–Kier alpha value is -2.05. The molecule has 0 saturated heterocycles. The van der Waals surface area contributed by atoms with E-state index in [0.717, 1.165) is 23.4 Å². The maximum absolute atomic E-state index is 12.6. The lowest BCUT2D eigenvalue weighted by Crippen LogP contribution is -2.42. The zero-order valence-corrected chi connectivity index (χ0v) is 22.4. The van der Waals surface area contributed by atoms with Gasteiger partial charge in [0, 0.05) is 37.3 Å². The number of carbonyl (C=O) groups is 2. The highest BCUT2D eigenvalue weighted by Gasteiger charge is 2.20. The van der Waals surface area contributed by atoms with Crippen LogP contribution in [0.1, 0.15) is 68.2 Å². The molecule has 2 atom stereocenters. The van der Waals surface area contributed by atoms with Crippen LogP contribution >= 0.6 is 11.8 Å². The van der Waals surface area contributed by atoms with Crippen LogP contribution in [-0.4, -0.2) is 43.4 Å². The maximum atomic E-state index is 12.6. The largest absolute Gasteiger partial charge is 0.372 e. The van der Waals surface area contributed by atoms with Crippen LogP contribution in [0.15, 0.2) is 54.0 Å². The van der Waals surface area contributed by atoms with Crippen LogP contribution in [-0.2, 0) is 14.3 Å². The Bertz CT molecular complexity index is 734. The van der Waals surface area contributed by atoms with E-state index in [0.29, 0.717) is 24.6 Å². The molecule has 0 aliphatic carbocycles. The molecule has 1 rings (SSSR count). The number of ether oxygens (including phenoxy) is 1. The van der Waals surface area contributed by atoms with Crippen LogP contribution in [0.3, 0.4) is 0 Å². The van der Waals surface area contributed by atoms with Gasteiger partial charge in [0.05, 0.1) is 5.69 Å². The number of allylic oxidation sites excluding steroid dienone is 2. The third kappa shape index (κ3) is 13.6. The minimum atomic E-state index is -0.437. The second-order valence-corrected chi connectivity index (χ2v) is 9.00. The molecule has 2 unspecified atom stereocenters. The number of thioether (sulfide) groups is 1. The number of nitrogens with one attached hydrogen (secondary N) is 1. The molecule has 0 aliphatic rings. The van der Waals surface area contributed by atoms with Crippen molar-refractivity contribution < 1.29 is 14.3 Å². The number of benzene rings is 1. The van der Waals surface area contributed by atoms with E-state index in [1.54, 1.807) is 36.8 Å². The molecular weight excluding hydrogens is 444 g/mol. The zero-order chi connectivity index (χ0) is 25.2. The fraction of sp³-hybridized carbons (Fsp3) is 0.571. The Morgan fingerprint density at radius 1 is 1.21 bits per heavy atom. The van der Waals surface area contributed by atoms with Gasteiger partial charge in [-0.15, -0.1) is 18.3 Å². The molecule has 5 nitrogen and oxygen atoms in total. The number of unbranched alkanes of at least 4 members (excludes halogenated alkanes) is 1. The van der Waals surface area contributed by atoms with Crippen molar-refractivity contribution in [3.05, 3.63) is 49.1 Å². The zero-order valence-electron chi connectivity index (χ0n) is 21.6. The van der Waals surface area contributed by atoms with Gasteiger partial charge in [0.25, 0.3) is 0 Å². The van der Waals surface area contributed by atoms with Crippen LogP contribution in [0.2, 0.25) is 0 Å². The van der Waals surface area contributed by atoms with Crippen molar-refractivity contribution in [1.29, 1.82) is 0 Å². The molecule has 0 radical (unpaired) electrons. The van der Waals surface area contributed by atoms with Gasteiger partial charge in [-0.3, -0.25) is 9.59 Å². The molecular formula is C28H48N2O3S. The van der Waals surface area contributed by atoms with Crippen molar-refractivity contribution in [3.63, 3.8) is 0 Å². The molecule has 0 spiro atoms. The third-order valence-corrected chi connectivity index (χ3v) is 5.98. The van der Waals surface area contributed by atoms with E-state index < -0.39 is 6.10 Å². The Balaban J connectivity index is 0. The molecule has 2 amide bonds. The average Bonchev–Trinajstić information content (AvgIpc) is 2.79. The Morgan fingerprint density at radius 2 is 1.85 bits per heavy atom. The average molecular weight is 493 g/mol. The molecule has 1 N–H and O–H groups in total. The quantitative estimate of drug-likeness (QED) is 0.175. The third-order valence-electron chi connectivity index (χ3n) is 4.66. The molecule has 0 bridgehead atoms. The van der Waals surface area contributed by atoms with Gasteiger partial charge in [0.2, 0.25) is 11.8 Å². The first kappa shape index (κ1) is 34.1. The SMILES string of the molecule is C.C=CCN(C(C)=O)c1ccccc1SCC(C)NC(=O)C(CCC/C=C/C(C)C)OC.CC. The summed E-state index contributed by atoms with van der Waals surface area (Å²) in [6.07, 6.45) is 8.19. The molecule has 1 aromatic rings. The fourth-order valence-electron chi connectivity index (χ4n) is 3.07. The monoisotopic (exact) mass is 492 g/mol. The topological polar surface area (TPSA) is 58.6 Å². The number of amides is 2. The van der Waals surface area contributed by atoms with Gasteiger partial charge < -0.3 is 15.0 Å². The van der Waals surface area contributed by atoms with Crippen molar-refractivity contribution in [3.8, 4) is 0 Å². The van der Waals surface area contributed by atoms with E-state index in [1.807, 2.05) is 45.0 Å². The number of carbonyl (C=O) groups excluding carboxylic acids is 2.